The fourth-order valence-electron chi connectivity index (χ4n) is 13.3. The molecule has 0 rings (SSSR count). The average Bonchev–Trinajstić information content (AvgIpc) is 3.58. The zero-order valence-electron chi connectivity index (χ0n) is 60.3. The lowest BCUT2D eigenvalue weighted by Gasteiger charge is -2.22. The van der Waals surface area contributed by atoms with Gasteiger partial charge in [-0.3, -0.25) is 9.59 Å². The van der Waals surface area contributed by atoms with Gasteiger partial charge in [0.2, 0.25) is 5.91 Å². The van der Waals surface area contributed by atoms with Crippen LogP contribution in [-0.2, 0) is 14.3 Å². The standard InChI is InChI=1S/C82H161NO5/c1-3-5-7-9-11-13-15-17-19-21-23-24-25-33-36-39-42-46-50-54-58-62-66-70-74-80(85)79(78-84)83-81(86)75-71-67-63-59-55-51-47-43-40-37-34-31-29-27-26-28-30-32-35-38-41-45-49-53-57-61-65-69-73-77-88-82(87)76-72-68-64-60-56-52-48-44-22-20-18-16-14-12-10-8-6-4-2/h26,28,79-80,84-85H,3-25,27,29-78H2,1-2H3,(H,83,86)/b28-26-. The SMILES string of the molecule is CCCCCCCCCCCCCCCCCCCCCCCCCCC(O)C(CO)NC(=O)CCCCCCCCCCCCCCC/C=C\CCCCCCCCCCCCCCOC(=O)CCCCCCCCCCCCCCCCCCCC. The Kier molecular flexibility index (Phi) is 76.8. The number of rotatable bonds is 78. The van der Waals surface area contributed by atoms with E-state index in [-0.39, 0.29) is 18.5 Å². The number of hydrogen-bond donors (Lipinski definition) is 3. The van der Waals surface area contributed by atoms with Gasteiger partial charge in [-0.25, -0.2) is 0 Å². The second-order valence-electron chi connectivity index (χ2n) is 28.5. The van der Waals surface area contributed by atoms with Crippen LogP contribution in [0.1, 0.15) is 476 Å². The molecule has 6 heteroatoms. The highest BCUT2D eigenvalue weighted by atomic mass is 16.5. The molecule has 0 aromatic rings. The summed E-state index contributed by atoms with van der Waals surface area (Å²) >= 11 is 0. The maximum Gasteiger partial charge on any atom is 0.305 e. The normalized spacial score (nSPS) is 12.5. The van der Waals surface area contributed by atoms with Gasteiger partial charge in [-0.1, -0.05) is 424 Å². The number of esters is 1. The van der Waals surface area contributed by atoms with E-state index >= 15 is 0 Å². The fourth-order valence-corrected chi connectivity index (χ4v) is 13.3. The smallest absolute Gasteiger partial charge is 0.305 e. The Balaban J connectivity index is 3.35. The van der Waals surface area contributed by atoms with Gasteiger partial charge < -0.3 is 20.3 Å². The molecule has 2 atom stereocenters. The van der Waals surface area contributed by atoms with Gasteiger partial charge in [-0.05, 0) is 51.4 Å². The van der Waals surface area contributed by atoms with E-state index in [0.29, 0.717) is 25.9 Å². The summed E-state index contributed by atoms with van der Waals surface area (Å²) in [6, 6.07) is -0.542. The summed E-state index contributed by atoms with van der Waals surface area (Å²) in [5, 5.41) is 23.5. The molecule has 0 aliphatic carbocycles. The molecule has 0 heterocycles. The Hall–Kier alpha value is -1.40. The first kappa shape index (κ1) is 86.6. The van der Waals surface area contributed by atoms with Crippen molar-refractivity contribution in [2.75, 3.05) is 13.2 Å². The molecule has 0 spiro atoms. The summed E-state index contributed by atoms with van der Waals surface area (Å²) in [5.41, 5.74) is 0. The third-order valence-electron chi connectivity index (χ3n) is 19.6. The Morgan fingerprint density at radius 2 is 0.534 bits per heavy atom. The molecule has 0 fully saturated rings. The minimum absolute atomic E-state index is 0.0225. The molecule has 524 valence electrons. The van der Waals surface area contributed by atoms with E-state index in [0.717, 1.165) is 38.5 Å². The quantitative estimate of drug-likeness (QED) is 0.0320. The summed E-state index contributed by atoms with van der Waals surface area (Å²) < 4.78 is 5.52. The van der Waals surface area contributed by atoms with Gasteiger partial charge in [-0.2, -0.15) is 0 Å². The monoisotopic (exact) mass is 1240 g/mol. The number of amides is 1. The topological polar surface area (TPSA) is 95.9 Å². The molecule has 0 bridgehead atoms. The summed E-state index contributed by atoms with van der Waals surface area (Å²) in [4.78, 5) is 24.7. The fraction of sp³-hybridized carbons (Fsp3) is 0.951. The van der Waals surface area contributed by atoms with Gasteiger partial charge >= 0.3 is 5.97 Å². The third-order valence-corrected chi connectivity index (χ3v) is 19.6. The Morgan fingerprint density at radius 1 is 0.307 bits per heavy atom. The first-order chi connectivity index (χ1) is 43.5. The number of unbranched alkanes of at least 4 members (excludes halogenated alkanes) is 65. The second-order valence-corrected chi connectivity index (χ2v) is 28.5. The zero-order valence-corrected chi connectivity index (χ0v) is 60.3. The summed E-state index contributed by atoms with van der Waals surface area (Å²) in [5.74, 6) is -0.00540. The van der Waals surface area contributed by atoms with Crippen LogP contribution in [-0.4, -0.2) is 47.4 Å². The van der Waals surface area contributed by atoms with Crippen molar-refractivity contribution in [1.82, 2.24) is 5.32 Å². The van der Waals surface area contributed by atoms with Gasteiger partial charge in [0.05, 0.1) is 25.4 Å². The van der Waals surface area contributed by atoms with Gasteiger partial charge in [0.15, 0.2) is 0 Å². The molecule has 0 saturated heterocycles. The van der Waals surface area contributed by atoms with Gasteiger partial charge in [-0.15, -0.1) is 0 Å². The molecule has 0 aromatic heterocycles. The highest BCUT2D eigenvalue weighted by Crippen LogP contribution is 2.21. The molecule has 88 heavy (non-hydrogen) atoms. The number of aliphatic hydroxyl groups is 2. The average molecular weight is 1240 g/mol. The van der Waals surface area contributed by atoms with Crippen molar-refractivity contribution in [3.05, 3.63) is 12.2 Å². The van der Waals surface area contributed by atoms with Crippen molar-refractivity contribution >= 4 is 11.9 Å². The predicted molar refractivity (Wildman–Crippen MR) is 389 cm³/mol. The Labute approximate surface area is 552 Å². The maximum atomic E-state index is 12.6. The molecule has 0 radical (unpaired) electrons. The van der Waals surface area contributed by atoms with Gasteiger partial charge in [0, 0.05) is 12.8 Å². The van der Waals surface area contributed by atoms with E-state index < -0.39 is 12.1 Å². The van der Waals surface area contributed by atoms with Crippen LogP contribution in [0.15, 0.2) is 12.2 Å². The zero-order chi connectivity index (χ0) is 63.5. The van der Waals surface area contributed by atoms with E-state index in [9.17, 15) is 19.8 Å². The van der Waals surface area contributed by atoms with Crippen LogP contribution >= 0.6 is 0 Å². The molecule has 3 N–H and O–H groups in total. The molecule has 2 unspecified atom stereocenters. The van der Waals surface area contributed by atoms with Crippen molar-refractivity contribution in [3.63, 3.8) is 0 Å². The van der Waals surface area contributed by atoms with E-state index in [1.165, 1.54) is 405 Å². The van der Waals surface area contributed by atoms with Crippen molar-refractivity contribution in [2.45, 2.75) is 488 Å². The number of ether oxygens (including phenoxy) is 1. The molecule has 1 amide bonds. The summed E-state index contributed by atoms with van der Waals surface area (Å²) in [6.45, 7) is 5.02. The van der Waals surface area contributed by atoms with Crippen LogP contribution in [0, 0.1) is 0 Å². The lowest BCUT2D eigenvalue weighted by molar-refractivity contribution is -0.143. The molecule has 0 aromatic carbocycles. The Bertz CT molecular complexity index is 1340. The summed E-state index contributed by atoms with van der Waals surface area (Å²) in [6.07, 6.45) is 98.8. The number of aliphatic hydroxyl groups excluding tert-OH is 2. The maximum absolute atomic E-state index is 12.6. The minimum atomic E-state index is -0.665. The highest BCUT2D eigenvalue weighted by molar-refractivity contribution is 5.76. The lowest BCUT2D eigenvalue weighted by Crippen LogP contribution is -2.45. The number of nitrogens with one attached hydrogen (secondary N) is 1. The van der Waals surface area contributed by atoms with Crippen LogP contribution in [0.25, 0.3) is 0 Å². The summed E-state index contributed by atoms with van der Waals surface area (Å²) in [7, 11) is 0. The van der Waals surface area contributed by atoms with E-state index in [2.05, 4.69) is 31.3 Å². The van der Waals surface area contributed by atoms with Gasteiger partial charge in [0.25, 0.3) is 0 Å². The van der Waals surface area contributed by atoms with Crippen molar-refractivity contribution in [2.24, 2.45) is 0 Å². The Morgan fingerprint density at radius 3 is 0.807 bits per heavy atom. The molecule has 0 aliphatic rings. The highest BCUT2D eigenvalue weighted by Gasteiger charge is 2.20. The third kappa shape index (κ3) is 73.6. The number of carbonyl (C=O) groups excluding carboxylic acids is 2. The molecule has 6 nitrogen and oxygen atoms in total. The van der Waals surface area contributed by atoms with E-state index in [4.69, 9.17) is 4.74 Å². The van der Waals surface area contributed by atoms with E-state index in [1.807, 2.05) is 0 Å². The number of hydrogen-bond acceptors (Lipinski definition) is 5. The molecular formula is C82H161NO5. The van der Waals surface area contributed by atoms with Crippen molar-refractivity contribution in [1.29, 1.82) is 0 Å². The van der Waals surface area contributed by atoms with Gasteiger partial charge in [0.1, 0.15) is 0 Å². The van der Waals surface area contributed by atoms with Crippen LogP contribution in [0.4, 0.5) is 0 Å². The minimum Gasteiger partial charge on any atom is -0.466 e. The first-order valence-corrected chi connectivity index (χ1v) is 40.9. The predicted octanol–water partition coefficient (Wildman–Crippen LogP) is 27.1. The van der Waals surface area contributed by atoms with Crippen LogP contribution < -0.4 is 5.32 Å². The number of allylic oxidation sites excluding steroid dienone is 2. The van der Waals surface area contributed by atoms with Crippen molar-refractivity contribution < 1.29 is 24.5 Å². The molecule has 0 saturated carbocycles. The lowest BCUT2D eigenvalue weighted by atomic mass is 10.0. The van der Waals surface area contributed by atoms with Crippen LogP contribution in [0.5, 0.6) is 0 Å². The van der Waals surface area contributed by atoms with Crippen LogP contribution in [0.3, 0.4) is 0 Å². The second kappa shape index (κ2) is 78.0. The molecular weight excluding hydrogens is 1080 g/mol. The largest absolute Gasteiger partial charge is 0.466 e. The van der Waals surface area contributed by atoms with E-state index in [1.54, 1.807) is 0 Å². The first-order valence-electron chi connectivity index (χ1n) is 40.9. The van der Waals surface area contributed by atoms with Crippen molar-refractivity contribution in [3.8, 4) is 0 Å². The number of carbonyl (C=O) groups is 2. The molecule has 0 aliphatic heterocycles. The van der Waals surface area contributed by atoms with Crippen LogP contribution in [0.2, 0.25) is 0 Å².